The van der Waals surface area contributed by atoms with Gasteiger partial charge in [0, 0.05) is 17.6 Å². The molecule has 0 spiro atoms. The maximum Gasteiger partial charge on any atom is 0.257 e. The van der Waals surface area contributed by atoms with Gasteiger partial charge in [-0.15, -0.1) is 0 Å². The molecule has 138 valence electrons. The van der Waals surface area contributed by atoms with Crippen LogP contribution in [0.25, 0.3) is 0 Å². The summed E-state index contributed by atoms with van der Waals surface area (Å²) < 4.78 is 10.5. The number of anilines is 3. The van der Waals surface area contributed by atoms with Crippen molar-refractivity contribution in [1.82, 2.24) is 4.98 Å². The molecule has 1 aromatic heterocycles. The molecule has 0 aliphatic rings. The lowest BCUT2D eigenvalue weighted by Gasteiger charge is -2.09. The van der Waals surface area contributed by atoms with Crippen LogP contribution in [0, 0.1) is 0 Å². The molecule has 2 aromatic carbocycles. The number of ether oxygens (including phenoxy) is 2. The standard InChI is InChI=1S/C21H21N3O3/c1-3-27-19-11-7-17(8-12-19)24-21(25)15-4-13-20(22-14-15)23-16-5-9-18(26-2)10-6-16/h4-14H,3H2,1-2H3,(H,22,23)(H,24,25). The highest BCUT2D eigenvalue weighted by Gasteiger charge is 2.07. The fraction of sp³-hybridized carbons (Fsp3) is 0.143. The summed E-state index contributed by atoms with van der Waals surface area (Å²) in [5.41, 5.74) is 2.06. The second kappa shape index (κ2) is 8.71. The Morgan fingerprint density at radius 2 is 1.59 bits per heavy atom. The van der Waals surface area contributed by atoms with Gasteiger partial charge in [0.15, 0.2) is 0 Å². The van der Waals surface area contributed by atoms with Crippen molar-refractivity contribution in [3.63, 3.8) is 0 Å². The van der Waals surface area contributed by atoms with Gasteiger partial charge in [0.1, 0.15) is 17.3 Å². The summed E-state index contributed by atoms with van der Waals surface area (Å²) in [6.07, 6.45) is 1.54. The van der Waals surface area contributed by atoms with Crippen molar-refractivity contribution in [3.8, 4) is 11.5 Å². The summed E-state index contributed by atoms with van der Waals surface area (Å²) in [5.74, 6) is 1.99. The van der Waals surface area contributed by atoms with Crippen LogP contribution in [0.5, 0.6) is 11.5 Å². The topological polar surface area (TPSA) is 72.5 Å². The number of carbonyl (C=O) groups excluding carboxylic acids is 1. The highest BCUT2D eigenvalue weighted by atomic mass is 16.5. The summed E-state index contributed by atoms with van der Waals surface area (Å²) in [4.78, 5) is 16.6. The number of methoxy groups -OCH3 is 1. The monoisotopic (exact) mass is 363 g/mol. The maximum atomic E-state index is 12.3. The molecule has 0 unspecified atom stereocenters. The van der Waals surface area contributed by atoms with Gasteiger partial charge < -0.3 is 20.1 Å². The van der Waals surface area contributed by atoms with Crippen molar-refractivity contribution in [3.05, 3.63) is 72.4 Å². The van der Waals surface area contributed by atoms with Crippen molar-refractivity contribution in [1.29, 1.82) is 0 Å². The Labute approximate surface area is 158 Å². The number of hydrogen-bond donors (Lipinski definition) is 2. The SMILES string of the molecule is CCOc1ccc(NC(=O)c2ccc(Nc3ccc(OC)cc3)nc2)cc1. The van der Waals surface area contributed by atoms with E-state index in [0.717, 1.165) is 17.2 Å². The number of hydrogen-bond acceptors (Lipinski definition) is 5. The largest absolute Gasteiger partial charge is 0.497 e. The van der Waals surface area contributed by atoms with Crippen LogP contribution in [0.2, 0.25) is 0 Å². The van der Waals surface area contributed by atoms with Crippen LogP contribution in [-0.2, 0) is 0 Å². The lowest BCUT2D eigenvalue weighted by atomic mass is 10.2. The zero-order chi connectivity index (χ0) is 19.1. The third kappa shape index (κ3) is 4.98. The second-order valence-corrected chi connectivity index (χ2v) is 5.70. The van der Waals surface area contributed by atoms with E-state index in [2.05, 4.69) is 15.6 Å². The number of rotatable bonds is 7. The Morgan fingerprint density at radius 1 is 0.926 bits per heavy atom. The summed E-state index contributed by atoms with van der Waals surface area (Å²) in [6.45, 7) is 2.53. The smallest absolute Gasteiger partial charge is 0.257 e. The molecule has 1 amide bonds. The molecule has 0 radical (unpaired) electrons. The van der Waals surface area contributed by atoms with Gasteiger partial charge in [-0.25, -0.2) is 4.98 Å². The van der Waals surface area contributed by atoms with Crippen molar-refractivity contribution in [2.24, 2.45) is 0 Å². The fourth-order valence-electron chi connectivity index (χ4n) is 2.43. The molecule has 3 aromatic rings. The lowest BCUT2D eigenvalue weighted by Crippen LogP contribution is -2.12. The molecule has 1 heterocycles. The molecule has 0 atom stereocenters. The minimum absolute atomic E-state index is 0.220. The lowest BCUT2D eigenvalue weighted by molar-refractivity contribution is 0.102. The van der Waals surface area contributed by atoms with Crippen LogP contribution >= 0.6 is 0 Å². The molecule has 0 fully saturated rings. The first-order chi connectivity index (χ1) is 13.2. The van der Waals surface area contributed by atoms with Gasteiger partial charge >= 0.3 is 0 Å². The predicted octanol–water partition coefficient (Wildman–Crippen LogP) is 4.48. The molecule has 3 rings (SSSR count). The van der Waals surface area contributed by atoms with E-state index >= 15 is 0 Å². The summed E-state index contributed by atoms with van der Waals surface area (Å²) >= 11 is 0. The first-order valence-electron chi connectivity index (χ1n) is 8.59. The normalized spacial score (nSPS) is 10.1. The Morgan fingerprint density at radius 3 is 2.19 bits per heavy atom. The zero-order valence-corrected chi connectivity index (χ0v) is 15.2. The Balaban J connectivity index is 1.60. The van der Waals surface area contributed by atoms with Crippen LogP contribution in [-0.4, -0.2) is 24.6 Å². The number of amides is 1. The molecule has 27 heavy (non-hydrogen) atoms. The van der Waals surface area contributed by atoms with Gasteiger partial charge in [0.2, 0.25) is 0 Å². The van der Waals surface area contributed by atoms with Gasteiger partial charge in [0.05, 0.1) is 19.3 Å². The molecule has 0 saturated carbocycles. The van der Waals surface area contributed by atoms with Crippen LogP contribution in [0.1, 0.15) is 17.3 Å². The Hall–Kier alpha value is -3.54. The van der Waals surface area contributed by atoms with E-state index in [0.29, 0.717) is 23.7 Å². The fourth-order valence-corrected chi connectivity index (χ4v) is 2.43. The number of carbonyl (C=O) groups is 1. The van der Waals surface area contributed by atoms with E-state index in [1.165, 1.54) is 6.20 Å². The van der Waals surface area contributed by atoms with Gasteiger partial charge in [-0.1, -0.05) is 0 Å². The third-order valence-corrected chi connectivity index (χ3v) is 3.81. The van der Waals surface area contributed by atoms with Gasteiger partial charge in [-0.2, -0.15) is 0 Å². The van der Waals surface area contributed by atoms with Crippen molar-refractivity contribution in [2.45, 2.75) is 6.92 Å². The minimum atomic E-state index is -0.220. The Kier molecular flexibility index (Phi) is 5.89. The van der Waals surface area contributed by atoms with E-state index in [1.807, 2.05) is 43.3 Å². The third-order valence-electron chi connectivity index (χ3n) is 3.81. The van der Waals surface area contributed by atoms with Gasteiger partial charge in [0.25, 0.3) is 5.91 Å². The summed E-state index contributed by atoms with van der Waals surface area (Å²) in [7, 11) is 1.63. The molecule has 0 aliphatic carbocycles. The van der Waals surface area contributed by atoms with Crippen molar-refractivity contribution >= 4 is 23.1 Å². The number of aromatic nitrogens is 1. The molecular weight excluding hydrogens is 342 g/mol. The molecular formula is C21H21N3O3. The molecule has 0 saturated heterocycles. The van der Waals surface area contributed by atoms with E-state index in [9.17, 15) is 4.79 Å². The average molecular weight is 363 g/mol. The number of nitrogens with zero attached hydrogens (tertiary/aromatic N) is 1. The minimum Gasteiger partial charge on any atom is -0.497 e. The highest BCUT2D eigenvalue weighted by molar-refractivity contribution is 6.04. The maximum absolute atomic E-state index is 12.3. The number of pyridine rings is 1. The van der Waals surface area contributed by atoms with E-state index in [4.69, 9.17) is 9.47 Å². The first kappa shape index (κ1) is 18.3. The van der Waals surface area contributed by atoms with Crippen LogP contribution in [0.4, 0.5) is 17.2 Å². The second-order valence-electron chi connectivity index (χ2n) is 5.70. The summed E-state index contributed by atoms with van der Waals surface area (Å²) in [5, 5.41) is 6.02. The van der Waals surface area contributed by atoms with Crippen molar-refractivity contribution in [2.75, 3.05) is 24.4 Å². The van der Waals surface area contributed by atoms with Gasteiger partial charge in [-0.05, 0) is 67.6 Å². The average Bonchev–Trinajstić information content (AvgIpc) is 2.71. The molecule has 0 bridgehead atoms. The zero-order valence-electron chi connectivity index (χ0n) is 15.2. The van der Waals surface area contributed by atoms with Crippen molar-refractivity contribution < 1.29 is 14.3 Å². The summed E-state index contributed by atoms with van der Waals surface area (Å²) in [6, 6.07) is 18.2. The van der Waals surface area contributed by atoms with Crippen LogP contribution < -0.4 is 20.1 Å². The number of nitrogens with one attached hydrogen (secondary N) is 2. The molecule has 2 N–H and O–H groups in total. The van der Waals surface area contributed by atoms with E-state index < -0.39 is 0 Å². The Bertz CT molecular complexity index is 876. The molecule has 6 nitrogen and oxygen atoms in total. The number of benzene rings is 2. The highest BCUT2D eigenvalue weighted by Crippen LogP contribution is 2.19. The van der Waals surface area contributed by atoms with Crippen LogP contribution in [0.15, 0.2) is 66.9 Å². The quantitative estimate of drug-likeness (QED) is 0.647. The molecule has 0 aliphatic heterocycles. The van der Waals surface area contributed by atoms with Gasteiger partial charge in [-0.3, -0.25) is 4.79 Å². The predicted molar refractivity (Wildman–Crippen MR) is 106 cm³/mol. The van der Waals surface area contributed by atoms with E-state index in [-0.39, 0.29) is 5.91 Å². The molecule has 6 heteroatoms. The van der Waals surface area contributed by atoms with Crippen LogP contribution in [0.3, 0.4) is 0 Å². The van der Waals surface area contributed by atoms with E-state index in [1.54, 1.807) is 31.4 Å². The first-order valence-corrected chi connectivity index (χ1v) is 8.59.